The lowest BCUT2D eigenvalue weighted by Crippen LogP contribution is -2.22. The van der Waals surface area contributed by atoms with E-state index < -0.39 is 23.2 Å². The molecule has 1 aromatic heterocycles. The van der Waals surface area contributed by atoms with Crippen LogP contribution in [-0.2, 0) is 11.2 Å². The zero-order valence-corrected chi connectivity index (χ0v) is 17.9. The van der Waals surface area contributed by atoms with E-state index in [-0.39, 0.29) is 11.3 Å². The number of halogens is 1. The van der Waals surface area contributed by atoms with Crippen LogP contribution in [0.5, 0.6) is 5.75 Å². The highest BCUT2D eigenvalue weighted by molar-refractivity contribution is 9.10. The minimum atomic E-state index is -1.25. The number of nitrogens with zero attached hydrogens (tertiary/aromatic N) is 4. The van der Waals surface area contributed by atoms with Crippen molar-refractivity contribution in [2.24, 2.45) is 5.10 Å². The Morgan fingerprint density at radius 2 is 2.13 bits per heavy atom. The first kappa shape index (κ1) is 22.1. The van der Waals surface area contributed by atoms with Crippen molar-refractivity contribution in [2.75, 3.05) is 6.61 Å². The summed E-state index contributed by atoms with van der Waals surface area (Å²) in [5.41, 5.74) is 0.116. The highest BCUT2D eigenvalue weighted by Crippen LogP contribution is 2.27. The topological polar surface area (TPSA) is 137 Å². The summed E-state index contributed by atoms with van der Waals surface area (Å²) in [6.45, 7) is 1.24. The minimum Gasteiger partial charge on any atom is -0.479 e. The molecule has 0 amide bonds. The Hall–Kier alpha value is -3.60. The Labute approximate surface area is 184 Å². The molecule has 0 radical (unpaired) electrons. The summed E-state index contributed by atoms with van der Waals surface area (Å²) < 4.78 is 6.86. The van der Waals surface area contributed by atoms with Crippen LogP contribution in [0.1, 0.15) is 24.7 Å². The van der Waals surface area contributed by atoms with Gasteiger partial charge in [0.1, 0.15) is 5.82 Å². The average molecular weight is 489 g/mol. The van der Waals surface area contributed by atoms with Crippen molar-refractivity contribution < 1.29 is 19.6 Å². The second kappa shape index (κ2) is 9.47. The van der Waals surface area contributed by atoms with Gasteiger partial charge in [-0.25, -0.2) is 9.78 Å². The number of ether oxygens (including phenoxy) is 1. The van der Waals surface area contributed by atoms with Gasteiger partial charge in [0.2, 0.25) is 0 Å². The lowest BCUT2D eigenvalue weighted by molar-refractivity contribution is -0.385. The van der Waals surface area contributed by atoms with E-state index in [0.717, 1.165) is 10.9 Å². The summed E-state index contributed by atoms with van der Waals surface area (Å²) in [5.74, 6) is -0.960. The fraction of sp³-hybridized carbons (Fsp3) is 0.200. The number of benzene rings is 2. The molecule has 0 fully saturated rings. The number of fused-ring (bicyclic) bond motifs is 1. The molecular weight excluding hydrogens is 472 g/mol. The predicted octanol–water partition coefficient (Wildman–Crippen LogP) is 3.37. The first-order valence-electron chi connectivity index (χ1n) is 9.18. The number of nitro groups is 1. The smallest absolute Gasteiger partial charge is 0.341 e. The lowest BCUT2D eigenvalue weighted by atomic mass is 10.2. The number of aromatic nitrogens is 2. The summed E-state index contributed by atoms with van der Waals surface area (Å²) in [5, 5.41) is 24.6. The van der Waals surface area contributed by atoms with Crippen LogP contribution in [0.15, 0.2) is 50.8 Å². The van der Waals surface area contributed by atoms with Crippen LogP contribution in [0.25, 0.3) is 10.9 Å². The summed E-state index contributed by atoms with van der Waals surface area (Å²) in [6, 6.07) is 9.15. The third kappa shape index (κ3) is 5.12. The number of carboxylic acid groups (broad SMARTS) is 1. The molecule has 0 bridgehead atoms. The normalized spacial score (nSPS) is 11.2. The van der Waals surface area contributed by atoms with E-state index in [1.54, 1.807) is 18.2 Å². The quantitative estimate of drug-likeness (QED) is 0.291. The van der Waals surface area contributed by atoms with Crippen LogP contribution in [-0.4, -0.2) is 38.5 Å². The number of rotatable bonds is 8. The number of hydrogen-bond donors (Lipinski definition) is 1. The molecule has 2 aromatic carbocycles. The first-order valence-corrected chi connectivity index (χ1v) is 9.98. The zero-order valence-electron chi connectivity index (χ0n) is 16.3. The highest BCUT2D eigenvalue weighted by atomic mass is 79.9. The summed E-state index contributed by atoms with van der Waals surface area (Å²) in [4.78, 5) is 38.8. The van der Waals surface area contributed by atoms with E-state index in [0.29, 0.717) is 28.7 Å². The number of aliphatic carboxylic acids is 1. The van der Waals surface area contributed by atoms with Crippen molar-refractivity contribution in [1.29, 1.82) is 0 Å². The molecule has 0 aliphatic heterocycles. The van der Waals surface area contributed by atoms with Crippen LogP contribution >= 0.6 is 15.9 Å². The van der Waals surface area contributed by atoms with Gasteiger partial charge in [-0.15, -0.1) is 0 Å². The third-order valence-electron chi connectivity index (χ3n) is 4.20. The minimum absolute atomic E-state index is 0.175. The molecule has 3 aromatic rings. The number of nitro benzene ring substituents is 1. The fourth-order valence-corrected chi connectivity index (χ4v) is 3.20. The molecule has 1 N–H and O–H groups in total. The molecule has 0 unspecified atom stereocenters. The van der Waals surface area contributed by atoms with Crippen LogP contribution in [0.2, 0.25) is 0 Å². The monoisotopic (exact) mass is 488 g/mol. The van der Waals surface area contributed by atoms with Crippen LogP contribution in [0.3, 0.4) is 0 Å². The highest BCUT2D eigenvalue weighted by Gasteiger charge is 2.17. The molecular formula is C20H17BrN4O6. The number of hydrogen-bond acceptors (Lipinski definition) is 7. The Morgan fingerprint density at radius 3 is 2.81 bits per heavy atom. The maximum Gasteiger partial charge on any atom is 0.341 e. The molecule has 0 saturated heterocycles. The Balaban J connectivity index is 2.04. The number of carbonyl (C=O) groups is 1. The van der Waals surface area contributed by atoms with E-state index in [2.05, 4.69) is 26.0 Å². The van der Waals surface area contributed by atoms with Crippen molar-refractivity contribution in [3.63, 3.8) is 0 Å². The standard InChI is InChI=1S/C20H17BrN4O6/c1-2-3-18-23-15-6-5-13(21)9-14(15)20(28)24(18)22-10-12-4-7-17(31-11-19(26)27)16(8-12)25(29)30/h4-10H,2-3,11H2,1H3,(H,26,27). The van der Waals surface area contributed by atoms with Crippen molar-refractivity contribution in [2.45, 2.75) is 19.8 Å². The van der Waals surface area contributed by atoms with Crippen LogP contribution < -0.4 is 10.3 Å². The molecule has 0 atom stereocenters. The third-order valence-corrected chi connectivity index (χ3v) is 4.70. The zero-order chi connectivity index (χ0) is 22.5. The van der Waals surface area contributed by atoms with Gasteiger partial charge in [-0.1, -0.05) is 22.9 Å². The van der Waals surface area contributed by atoms with Gasteiger partial charge in [-0.3, -0.25) is 14.9 Å². The van der Waals surface area contributed by atoms with E-state index >= 15 is 0 Å². The van der Waals surface area contributed by atoms with Crippen molar-refractivity contribution in [1.82, 2.24) is 9.66 Å². The maximum absolute atomic E-state index is 13.0. The Bertz CT molecular complexity index is 1250. The van der Waals surface area contributed by atoms with Gasteiger partial charge in [0.25, 0.3) is 5.56 Å². The SMILES string of the molecule is CCCc1nc2ccc(Br)cc2c(=O)n1N=Cc1ccc(OCC(=O)O)c([N+](=O)[O-])c1. The Kier molecular flexibility index (Phi) is 6.75. The summed E-state index contributed by atoms with van der Waals surface area (Å²) in [6.07, 6.45) is 2.56. The average Bonchev–Trinajstić information content (AvgIpc) is 2.73. The van der Waals surface area contributed by atoms with Crippen molar-refractivity contribution in [3.05, 3.63) is 72.7 Å². The summed E-state index contributed by atoms with van der Waals surface area (Å²) >= 11 is 3.34. The van der Waals surface area contributed by atoms with Crippen molar-refractivity contribution in [3.8, 4) is 5.75 Å². The molecule has 10 nitrogen and oxygen atoms in total. The molecule has 0 aliphatic carbocycles. The van der Waals surface area contributed by atoms with Gasteiger partial charge in [0.05, 0.1) is 22.0 Å². The molecule has 0 aliphatic rings. The van der Waals surface area contributed by atoms with E-state index in [4.69, 9.17) is 9.84 Å². The van der Waals surface area contributed by atoms with Gasteiger partial charge in [-0.2, -0.15) is 9.78 Å². The molecule has 11 heteroatoms. The van der Waals surface area contributed by atoms with Gasteiger partial charge < -0.3 is 9.84 Å². The van der Waals surface area contributed by atoms with Gasteiger partial charge in [0, 0.05) is 22.5 Å². The molecule has 1 heterocycles. The maximum atomic E-state index is 13.0. The first-order chi connectivity index (χ1) is 14.8. The van der Waals surface area contributed by atoms with Gasteiger partial charge >= 0.3 is 11.7 Å². The fourth-order valence-electron chi connectivity index (χ4n) is 2.84. The molecule has 31 heavy (non-hydrogen) atoms. The van der Waals surface area contributed by atoms with E-state index in [1.807, 2.05) is 6.92 Å². The van der Waals surface area contributed by atoms with E-state index in [9.17, 15) is 19.7 Å². The second-order valence-electron chi connectivity index (χ2n) is 6.47. The largest absolute Gasteiger partial charge is 0.479 e. The molecule has 3 rings (SSSR count). The molecule has 0 saturated carbocycles. The molecule has 0 spiro atoms. The second-order valence-corrected chi connectivity index (χ2v) is 7.38. The number of carboxylic acids is 1. The van der Waals surface area contributed by atoms with Crippen LogP contribution in [0.4, 0.5) is 5.69 Å². The summed E-state index contributed by atoms with van der Waals surface area (Å²) in [7, 11) is 0. The molecule has 160 valence electrons. The Morgan fingerprint density at radius 1 is 1.35 bits per heavy atom. The van der Waals surface area contributed by atoms with Crippen LogP contribution in [0, 0.1) is 10.1 Å². The number of aryl methyl sites for hydroxylation is 1. The van der Waals surface area contributed by atoms with Crippen molar-refractivity contribution >= 4 is 44.7 Å². The van der Waals surface area contributed by atoms with Gasteiger partial charge in [0.15, 0.2) is 12.4 Å². The van der Waals surface area contributed by atoms with E-state index in [1.165, 1.54) is 29.1 Å². The lowest BCUT2D eigenvalue weighted by Gasteiger charge is -2.09. The predicted molar refractivity (Wildman–Crippen MR) is 117 cm³/mol. The van der Waals surface area contributed by atoms with Gasteiger partial charge in [-0.05, 0) is 36.8 Å².